The maximum absolute atomic E-state index is 4.41. The highest BCUT2D eigenvalue weighted by Gasteiger charge is 2.11. The van der Waals surface area contributed by atoms with E-state index in [1.807, 2.05) is 6.07 Å². The van der Waals surface area contributed by atoms with E-state index >= 15 is 0 Å². The standard InChI is InChI=1S/C15H17N7/c1-2-12(8-13(3-1)22-6-4-16-5-7-22)19-15-17-9-11-10-18-21-14(11)20-15/h1-3,8-10,16H,4-7H2,(H2,17,18,19,20,21). The Morgan fingerprint density at radius 3 is 2.95 bits per heavy atom. The number of aromatic amines is 1. The van der Waals surface area contributed by atoms with Gasteiger partial charge in [-0.15, -0.1) is 0 Å². The van der Waals surface area contributed by atoms with Crippen LogP contribution in [0.5, 0.6) is 0 Å². The average molecular weight is 295 g/mol. The summed E-state index contributed by atoms with van der Waals surface area (Å²) in [5, 5.41) is 14.3. The van der Waals surface area contributed by atoms with Crippen LogP contribution in [0.3, 0.4) is 0 Å². The predicted molar refractivity (Wildman–Crippen MR) is 86.5 cm³/mol. The molecule has 0 bridgehead atoms. The van der Waals surface area contributed by atoms with Crippen molar-refractivity contribution in [2.75, 3.05) is 36.4 Å². The minimum atomic E-state index is 0.564. The number of H-pyrrole nitrogens is 1. The summed E-state index contributed by atoms with van der Waals surface area (Å²) in [5.41, 5.74) is 2.93. The Bertz CT molecular complexity index is 776. The quantitative estimate of drug-likeness (QED) is 0.679. The van der Waals surface area contributed by atoms with Gasteiger partial charge in [-0.1, -0.05) is 6.07 Å². The van der Waals surface area contributed by atoms with Crippen molar-refractivity contribution < 1.29 is 0 Å². The van der Waals surface area contributed by atoms with Crippen molar-refractivity contribution >= 4 is 28.4 Å². The zero-order chi connectivity index (χ0) is 14.8. The second-order valence-corrected chi connectivity index (χ2v) is 5.28. The van der Waals surface area contributed by atoms with Gasteiger partial charge in [-0.25, -0.2) is 4.98 Å². The van der Waals surface area contributed by atoms with Crippen molar-refractivity contribution in [3.8, 4) is 0 Å². The van der Waals surface area contributed by atoms with Gasteiger partial charge in [0.2, 0.25) is 5.95 Å². The largest absolute Gasteiger partial charge is 0.369 e. The van der Waals surface area contributed by atoms with E-state index in [4.69, 9.17) is 0 Å². The zero-order valence-electron chi connectivity index (χ0n) is 12.1. The summed E-state index contributed by atoms with van der Waals surface area (Å²) < 4.78 is 0. The third kappa shape index (κ3) is 2.58. The molecule has 3 heterocycles. The van der Waals surface area contributed by atoms with Gasteiger partial charge in [-0.05, 0) is 18.2 Å². The SMILES string of the molecule is c1cc(Nc2ncc3cn[nH]c3n2)cc(N2CCNCC2)c1. The first kappa shape index (κ1) is 13.0. The Labute approximate surface area is 127 Å². The highest BCUT2D eigenvalue weighted by molar-refractivity contribution is 5.74. The van der Waals surface area contributed by atoms with E-state index in [1.165, 1.54) is 5.69 Å². The molecule has 0 radical (unpaired) electrons. The number of fused-ring (bicyclic) bond motifs is 1. The van der Waals surface area contributed by atoms with Gasteiger partial charge < -0.3 is 15.5 Å². The molecule has 1 fully saturated rings. The van der Waals surface area contributed by atoms with E-state index in [9.17, 15) is 0 Å². The monoisotopic (exact) mass is 295 g/mol. The van der Waals surface area contributed by atoms with Crippen molar-refractivity contribution in [1.29, 1.82) is 0 Å². The van der Waals surface area contributed by atoms with E-state index in [0.29, 0.717) is 5.95 Å². The Morgan fingerprint density at radius 2 is 2.05 bits per heavy atom. The van der Waals surface area contributed by atoms with Crippen molar-refractivity contribution in [3.05, 3.63) is 36.7 Å². The van der Waals surface area contributed by atoms with E-state index in [2.05, 4.69) is 53.9 Å². The van der Waals surface area contributed by atoms with Crippen LogP contribution in [-0.4, -0.2) is 46.3 Å². The topological polar surface area (TPSA) is 81.8 Å². The van der Waals surface area contributed by atoms with Gasteiger partial charge in [-0.2, -0.15) is 10.1 Å². The number of hydrogen-bond acceptors (Lipinski definition) is 6. The maximum atomic E-state index is 4.41. The summed E-state index contributed by atoms with van der Waals surface area (Å²) in [6, 6.07) is 8.34. The smallest absolute Gasteiger partial charge is 0.229 e. The lowest BCUT2D eigenvalue weighted by atomic mass is 10.2. The van der Waals surface area contributed by atoms with Crippen LogP contribution in [0.25, 0.3) is 11.0 Å². The highest BCUT2D eigenvalue weighted by Crippen LogP contribution is 2.22. The number of nitrogens with zero attached hydrogens (tertiary/aromatic N) is 4. The summed E-state index contributed by atoms with van der Waals surface area (Å²) in [4.78, 5) is 11.1. The molecular formula is C15H17N7. The molecule has 4 rings (SSSR count). The molecule has 1 aliphatic rings. The fourth-order valence-electron chi connectivity index (χ4n) is 2.63. The Morgan fingerprint density at radius 1 is 1.14 bits per heavy atom. The number of rotatable bonds is 3. The molecule has 2 aromatic heterocycles. The summed E-state index contributed by atoms with van der Waals surface area (Å²) in [5.74, 6) is 0.564. The van der Waals surface area contributed by atoms with Gasteiger partial charge in [0.1, 0.15) is 0 Å². The summed E-state index contributed by atoms with van der Waals surface area (Å²) >= 11 is 0. The Kier molecular flexibility index (Phi) is 3.32. The van der Waals surface area contributed by atoms with E-state index in [1.54, 1.807) is 12.4 Å². The second kappa shape index (κ2) is 5.61. The summed E-state index contributed by atoms with van der Waals surface area (Å²) in [6.45, 7) is 4.11. The third-order valence-electron chi connectivity index (χ3n) is 3.78. The molecule has 0 aliphatic carbocycles. The van der Waals surface area contributed by atoms with Crippen LogP contribution in [0.4, 0.5) is 17.3 Å². The van der Waals surface area contributed by atoms with Gasteiger partial charge in [0.25, 0.3) is 0 Å². The van der Waals surface area contributed by atoms with Gasteiger partial charge in [0.05, 0.1) is 11.6 Å². The first-order chi connectivity index (χ1) is 10.9. The fraction of sp³-hybridized carbons (Fsp3) is 0.267. The number of piperazine rings is 1. The predicted octanol–water partition coefficient (Wildman–Crippen LogP) is 1.51. The van der Waals surface area contributed by atoms with Gasteiger partial charge in [0, 0.05) is 43.8 Å². The number of benzene rings is 1. The third-order valence-corrected chi connectivity index (χ3v) is 3.78. The molecule has 3 aromatic rings. The molecule has 7 nitrogen and oxygen atoms in total. The van der Waals surface area contributed by atoms with Crippen molar-refractivity contribution in [1.82, 2.24) is 25.5 Å². The number of nitrogens with one attached hydrogen (secondary N) is 3. The number of anilines is 3. The molecule has 0 amide bonds. The molecule has 0 unspecified atom stereocenters. The fourth-order valence-corrected chi connectivity index (χ4v) is 2.63. The molecule has 0 spiro atoms. The van der Waals surface area contributed by atoms with Crippen LogP contribution in [0, 0.1) is 0 Å². The number of hydrogen-bond donors (Lipinski definition) is 3. The molecule has 3 N–H and O–H groups in total. The molecule has 1 aromatic carbocycles. The summed E-state index contributed by atoms with van der Waals surface area (Å²) in [7, 11) is 0. The lowest BCUT2D eigenvalue weighted by Crippen LogP contribution is -2.43. The molecular weight excluding hydrogens is 278 g/mol. The molecule has 22 heavy (non-hydrogen) atoms. The highest BCUT2D eigenvalue weighted by atomic mass is 15.2. The average Bonchev–Trinajstić information content (AvgIpc) is 3.04. The molecule has 0 saturated carbocycles. The van der Waals surface area contributed by atoms with Crippen LogP contribution < -0.4 is 15.5 Å². The molecule has 112 valence electrons. The van der Waals surface area contributed by atoms with Crippen LogP contribution in [0.1, 0.15) is 0 Å². The first-order valence-electron chi connectivity index (χ1n) is 7.37. The van der Waals surface area contributed by atoms with Crippen LogP contribution in [0.15, 0.2) is 36.7 Å². The lowest BCUT2D eigenvalue weighted by Gasteiger charge is -2.29. The minimum Gasteiger partial charge on any atom is -0.369 e. The first-order valence-corrected chi connectivity index (χ1v) is 7.37. The molecule has 1 saturated heterocycles. The maximum Gasteiger partial charge on any atom is 0.229 e. The van der Waals surface area contributed by atoms with E-state index in [-0.39, 0.29) is 0 Å². The zero-order valence-corrected chi connectivity index (χ0v) is 12.1. The minimum absolute atomic E-state index is 0.564. The van der Waals surface area contributed by atoms with Crippen molar-refractivity contribution in [2.24, 2.45) is 0 Å². The van der Waals surface area contributed by atoms with Crippen LogP contribution >= 0.6 is 0 Å². The molecule has 7 heteroatoms. The van der Waals surface area contributed by atoms with E-state index < -0.39 is 0 Å². The second-order valence-electron chi connectivity index (χ2n) is 5.28. The Balaban J connectivity index is 1.56. The van der Waals surface area contributed by atoms with Gasteiger partial charge >= 0.3 is 0 Å². The van der Waals surface area contributed by atoms with Crippen LogP contribution in [-0.2, 0) is 0 Å². The van der Waals surface area contributed by atoms with Gasteiger partial charge in [-0.3, -0.25) is 5.10 Å². The van der Waals surface area contributed by atoms with Crippen LogP contribution in [0.2, 0.25) is 0 Å². The normalized spacial score (nSPS) is 15.2. The Hall–Kier alpha value is -2.67. The number of aromatic nitrogens is 4. The lowest BCUT2D eigenvalue weighted by molar-refractivity contribution is 0.589. The van der Waals surface area contributed by atoms with E-state index in [0.717, 1.165) is 42.9 Å². The molecule has 1 aliphatic heterocycles. The summed E-state index contributed by atoms with van der Waals surface area (Å²) in [6.07, 6.45) is 3.47. The van der Waals surface area contributed by atoms with Gasteiger partial charge in [0.15, 0.2) is 5.65 Å². The van der Waals surface area contributed by atoms with Crippen molar-refractivity contribution in [2.45, 2.75) is 0 Å². The molecule has 0 atom stereocenters. The van der Waals surface area contributed by atoms with Crippen molar-refractivity contribution in [3.63, 3.8) is 0 Å².